The van der Waals surface area contributed by atoms with Crippen LogP contribution in [0.1, 0.15) is 38.0 Å². The van der Waals surface area contributed by atoms with Gasteiger partial charge in [0, 0.05) is 32.9 Å². The van der Waals surface area contributed by atoms with Gasteiger partial charge in [-0.15, -0.1) is 0 Å². The van der Waals surface area contributed by atoms with E-state index in [1.165, 1.54) is 0 Å². The van der Waals surface area contributed by atoms with Crippen LogP contribution in [0.3, 0.4) is 0 Å². The zero-order valence-electron chi connectivity index (χ0n) is 18.1. The number of guanidine groups is 1. The Balaban J connectivity index is 1.95. The van der Waals surface area contributed by atoms with Gasteiger partial charge in [-0.3, -0.25) is 0 Å². The Labute approximate surface area is 174 Å². The number of hydrogen-bond donors (Lipinski definition) is 3. The van der Waals surface area contributed by atoms with Crippen LogP contribution in [0, 0.1) is 0 Å². The number of rotatable bonds is 9. The van der Waals surface area contributed by atoms with E-state index in [9.17, 15) is 5.11 Å². The number of anilines is 1. The minimum absolute atomic E-state index is 0.129. The third kappa shape index (κ3) is 7.66. The lowest BCUT2D eigenvalue weighted by Gasteiger charge is -2.17. The topological polar surface area (TPSA) is 69.1 Å². The van der Waals surface area contributed by atoms with Crippen LogP contribution >= 0.6 is 0 Å². The minimum atomic E-state index is -0.635. The summed E-state index contributed by atoms with van der Waals surface area (Å²) in [6.45, 7) is 7.69. The van der Waals surface area contributed by atoms with Crippen molar-refractivity contribution in [3.63, 3.8) is 0 Å². The van der Waals surface area contributed by atoms with Crippen LogP contribution < -0.4 is 20.3 Å². The van der Waals surface area contributed by atoms with Crippen molar-refractivity contribution in [1.82, 2.24) is 10.6 Å². The number of aliphatic hydroxyl groups excluding tert-OH is 1. The molecule has 1 unspecified atom stereocenters. The highest BCUT2D eigenvalue weighted by molar-refractivity contribution is 5.79. The molecule has 29 heavy (non-hydrogen) atoms. The van der Waals surface area contributed by atoms with Crippen molar-refractivity contribution in [2.45, 2.75) is 39.5 Å². The average molecular weight is 399 g/mol. The minimum Gasteiger partial charge on any atom is -0.491 e. The maximum absolute atomic E-state index is 10.5. The standard InChI is InChI=1S/C23H34N4O2/c1-6-24-23(25-15-18-8-7-9-20(14-18)27(4)5)26-16-22(28)19-10-12-21(13-11-19)29-17(2)3/h7-14,17,22,28H,6,15-16H2,1-5H3,(H2,24,25,26). The van der Waals surface area contributed by atoms with Crippen molar-refractivity contribution in [2.24, 2.45) is 4.99 Å². The van der Waals surface area contributed by atoms with E-state index in [4.69, 9.17) is 4.74 Å². The van der Waals surface area contributed by atoms with E-state index < -0.39 is 6.10 Å². The molecule has 2 aromatic rings. The number of ether oxygens (including phenoxy) is 1. The molecular weight excluding hydrogens is 364 g/mol. The molecule has 0 bridgehead atoms. The Morgan fingerprint density at radius 2 is 1.83 bits per heavy atom. The molecule has 0 amide bonds. The third-order valence-corrected chi connectivity index (χ3v) is 4.29. The van der Waals surface area contributed by atoms with E-state index in [1.807, 2.05) is 65.2 Å². The van der Waals surface area contributed by atoms with Crippen molar-refractivity contribution >= 4 is 11.6 Å². The van der Waals surface area contributed by atoms with Gasteiger partial charge in [0.15, 0.2) is 5.96 Å². The van der Waals surface area contributed by atoms with Crippen LogP contribution in [0.5, 0.6) is 5.75 Å². The largest absolute Gasteiger partial charge is 0.491 e. The molecule has 0 radical (unpaired) electrons. The van der Waals surface area contributed by atoms with Crippen LogP contribution in [0.15, 0.2) is 53.5 Å². The summed E-state index contributed by atoms with van der Waals surface area (Å²) in [4.78, 5) is 6.72. The Morgan fingerprint density at radius 3 is 2.45 bits per heavy atom. The van der Waals surface area contributed by atoms with E-state index >= 15 is 0 Å². The molecule has 2 aromatic carbocycles. The van der Waals surface area contributed by atoms with Crippen LogP contribution in [-0.4, -0.2) is 44.4 Å². The van der Waals surface area contributed by atoms with E-state index in [-0.39, 0.29) is 6.10 Å². The molecule has 0 fully saturated rings. The maximum Gasteiger partial charge on any atom is 0.191 e. The predicted octanol–water partition coefficient (Wildman–Crippen LogP) is 3.33. The molecule has 1 atom stereocenters. The monoisotopic (exact) mass is 398 g/mol. The lowest BCUT2D eigenvalue weighted by Crippen LogP contribution is -2.39. The first kappa shape index (κ1) is 22.6. The summed E-state index contributed by atoms with van der Waals surface area (Å²) in [6.07, 6.45) is -0.506. The molecule has 0 spiro atoms. The van der Waals surface area contributed by atoms with Gasteiger partial charge in [0.25, 0.3) is 0 Å². The third-order valence-electron chi connectivity index (χ3n) is 4.29. The molecule has 0 aromatic heterocycles. The van der Waals surface area contributed by atoms with Gasteiger partial charge in [0.05, 0.1) is 18.8 Å². The normalized spacial score (nSPS) is 12.6. The van der Waals surface area contributed by atoms with E-state index in [1.54, 1.807) is 0 Å². The van der Waals surface area contributed by atoms with Gasteiger partial charge in [-0.1, -0.05) is 24.3 Å². The highest BCUT2D eigenvalue weighted by atomic mass is 16.5. The Kier molecular flexibility index (Phi) is 8.80. The number of aliphatic imine (C=N–C) groups is 1. The Bertz CT molecular complexity index is 773. The number of hydrogen-bond acceptors (Lipinski definition) is 4. The van der Waals surface area contributed by atoms with Crippen molar-refractivity contribution in [3.8, 4) is 5.75 Å². The molecule has 158 valence electrons. The lowest BCUT2D eigenvalue weighted by molar-refractivity contribution is 0.180. The summed E-state index contributed by atoms with van der Waals surface area (Å²) in [5.41, 5.74) is 3.12. The van der Waals surface area contributed by atoms with E-state index in [0.29, 0.717) is 19.0 Å². The number of benzene rings is 2. The number of nitrogens with zero attached hydrogens (tertiary/aromatic N) is 2. The molecule has 3 N–H and O–H groups in total. The van der Waals surface area contributed by atoms with Crippen LogP contribution in [0.4, 0.5) is 5.69 Å². The van der Waals surface area contributed by atoms with E-state index in [2.05, 4.69) is 38.7 Å². The van der Waals surface area contributed by atoms with Crippen LogP contribution in [-0.2, 0) is 6.54 Å². The highest BCUT2D eigenvalue weighted by Crippen LogP contribution is 2.18. The fourth-order valence-electron chi connectivity index (χ4n) is 2.80. The first-order valence-corrected chi connectivity index (χ1v) is 10.1. The van der Waals surface area contributed by atoms with Crippen LogP contribution in [0.2, 0.25) is 0 Å². The molecule has 6 heteroatoms. The maximum atomic E-state index is 10.5. The summed E-state index contributed by atoms with van der Waals surface area (Å²) < 4.78 is 5.65. The first-order chi connectivity index (χ1) is 13.9. The average Bonchev–Trinajstić information content (AvgIpc) is 2.70. The van der Waals surface area contributed by atoms with Crippen molar-refractivity contribution < 1.29 is 9.84 Å². The van der Waals surface area contributed by atoms with Gasteiger partial charge >= 0.3 is 0 Å². The fraction of sp³-hybridized carbons (Fsp3) is 0.435. The lowest BCUT2D eigenvalue weighted by atomic mass is 10.1. The molecule has 0 aliphatic rings. The second-order valence-electron chi connectivity index (χ2n) is 7.39. The van der Waals surface area contributed by atoms with Crippen molar-refractivity contribution in [1.29, 1.82) is 0 Å². The van der Waals surface area contributed by atoms with Crippen LogP contribution in [0.25, 0.3) is 0 Å². The van der Waals surface area contributed by atoms with Gasteiger partial charge in [0.2, 0.25) is 0 Å². The molecule has 0 aliphatic heterocycles. The molecule has 2 rings (SSSR count). The number of aliphatic hydroxyl groups is 1. The number of nitrogens with one attached hydrogen (secondary N) is 2. The summed E-state index contributed by atoms with van der Waals surface area (Å²) in [5.74, 6) is 1.49. The van der Waals surface area contributed by atoms with Crippen molar-refractivity contribution in [3.05, 3.63) is 59.7 Å². The SMILES string of the molecule is CCNC(=NCc1cccc(N(C)C)c1)NCC(O)c1ccc(OC(C)C)cc1. The van der Waals surface area contributed by atoms with Gasteiger partial charge in [0.1, 0.15) is 5.75 Å². The fourth-order valence-corrected chi connectivity index (χ4v) is 2.80. The van der Waals surface area contributed by atoms with Gasteiger partial charge in [-0.2, -0.15) is 0 Å². The van der Waals surface area contributed by atoms with Gasteiger partial charge < -0.3 is 25.4 Å². The molecule has 6 nitrogen and oxygen atoms in total. The molecule has 0 heterocycles. The Morgan fingerprint density at radius 1 is 1.10 bits per heavy atom. The van der Waals surface area contributed by atoms with Gasteiger partial charge in [-0.05, 0) is 56.2 Å². The second kappa shape index (κ2) is 11.3. The Hall–Kier alpha value is -2.73. The molecule has 0 saturated carbocycles. The summed E-state index contributed by atoms with van der Waals surface area (Å²) >= 11 is 0. The molecule has 0 saturated heterocycles. The van der Waals surface area contributed by atoms with Crippen molar-refractivity contribution in [2.75, 3.05) is 32.1 Å². The highest BCUT2D eigenvalue weighted by Gasteiger charge is 2.09. The van der Waals surface area contributed by atoms with E-state index in [0.717, 1.165) is 29.1 Å². The first-order valence-electron chi connectivity index (χ1n) is 10.1. The quantitative estimate of drug-likeness (QED) is 0.447. The smallest absolute Gasteiger partial charge is 0.191 e. The molecular formula is C23H34N4O2. The summed E-state index contributed by atoms with van der Waals surface area (Å²) in [7, 11) is 4.05. The summed E-state index contributed by atoms with van der Waals surface area (Å²) in [6, 6.07) is 15.9. The molecule has 0 aliphatic carbocycles. The zero-order chi connectivity index (χ0) is 21.2. The second-order valence-corrected chi connectivity index (χ2v) is 7.39. The predicted molar refractivity (Wildman–Crippen MR) is 121 cm³/mol. The van der Waals surface area contributed by atoms with Gasteiger partial charge in [-0.25, -0.2) is 4.99 Å². The zero-order valence-corrected chi connectivity index (χ0v) is 18.1. The summed E-state index contributed by atoms with van der Waals surface area (Å²) in [5, 5.41) is 16.9.